The Hall–Kier alpha value is -1.86. The molecule has 1 aliphatic rings. The van der Waals surface area contributed by atoms with Gasteiger partial charge in [0.15, 0.2) is 9.84 Å². The van der Waals surface area contributed by atoms with Crippen molar-refractivity contribution in [3.05, 3.63) is 66.2 Å². The second-order valence-corrected chi connectivity index (χ2v) is 7.71. The molecule has 128 valence electrons. The van der Waals surface area contributed by atoms with Gasteiger partial charge in [0.25, 0.3) is 0 Å². The Morgan fingerprint density at radius 2 is 1.50 bits per heavy atom. The normalized spacial score (nSPS) is 24.9. The highest BCUT2D eigenvalue weighted by atomic mass is 32.2. The summed E-state index contributed by atoms with van der Waals surface area (Å²) in [4.78, 5) is -0.134. The largest absolute Gasteiger partial charge is 0.423 e. The van der Waals surface area contributed by atoms with Crippen molar-refractivity contribution in [2.75, 3.05) is 6.61 Å². The van der Waals surface area contributed by atoms with E-state index in [2.05, 4.69) is 0 Å². The lowest BCUT2D eigenvalue weighted by atomic mass is 9.89. The Balaban J connectivity index is 2.20. The molecule has 3 rings (SSSR count). The van der Waals surface area contributed by atoms with Gasteiger partial charge in [0.05, 0.1) is 4.90 Å². The van der Waals surface area contributed by atoms with Crippen molar-refractivity contribution in [3.8, 4) is 0 Å². The van der Waals surface area contributed by atoms with E-state index in [1.165, 1.54) is 48.5 Å². The molecule has 0 amide bonds. The predicted molar refractivity (Wildman–Crippen MR) is 82.2 cm³/mol. The van der Waals surface area contributed by atoms with E-state index in [1.807, 2.05) is 0 Å². The Kier molecular flexibility index (Phi) is 4.17. The van der Waals surface area contributed by atoms with Crippen molar-refractivity contribution in [1.29, 1.82) is 0 Å². The molecule has 0 aromatic heterocycles. The molecule has 1 saturated heterocycles. The van der Waals surface area contributed by atoms with Gasteiger partial charge in [-0.15, -0.1) is 0 Å². The minimum atomic E-state index is -4.86. The van der Waals surface area contributed by atoms with E-state index in [0.29, 0.717) is 0 Å². The zero-order valence-electron chi connectivity index (χ0n) is 12.5. The summed E-state index contributed by atoms with van der Waals surface area (Å²) in [6.07, 6.45) is -5.08. The first-order chi connectivity index (χ1) is 11.3. The molecule has 0 bridgehead atoms. The average molecular weight is 356 g/mol. The van der Waals surface area contributed by atoms with Crippen molar-refractivity contribution in [3.63, 3.8) is 0 Å². The van der Waals surface area contributed by atoms with Gasteiger partial charge in [0.2, 0.25) is 5.60 Å². The highest BCUT2D eigenvalue weighted by molar-refractivity contribution is 7.92. The van der Waals surface area contributed by atoms with Crippen LogP contribution >= 0.6 is 0 Å². The van der Waals surface area contributed by atoms with Gasteiger partial charge >= 0.3 is 6.18 Å². The van der Waals surface area contributed by atoms with Gasteiger partial charge in [-0.1, -0.05) is 48.5 Å². The lowest BCUT2D eigenvalue weighted by Gasteiger charge is -2.36. The molecule has 2 aromatic carbocycles. The van der Waals surface area contributed by atoms with Crippen LogP contribution in [0, 0.1) is 0 Å². The molecule has 24 heavy (non-hydrogen) atoms. The number of halogens is 3. The number of rotatable bonds is 3. The molecule has 0 N–H and O–H groups in total. The smallest absolute Gasteiger partial charge is 0.360 e. The molecule has 2 atom stereocenters. The third-order valence-electron chi connectivity index (χ3n) is 4.23. The van der Waals surface area contributed by atoms with Crippen molar-refractivity contribution >= 4 is 9.84 Å². The zero-order chi connectivity index (χ0) is 17.4. The van der Waals surface area contributed by atoms with Crippen LogP contribution in [0.1, 0.15) is 12.0 Å². The Bertz CT molecular complexity index is 804. The number of ether oxygens (including phenoxy) is 1. The molecule has 1 aliphatic heterocycles. The topological polar surface area (TPSA) is 43.4 Å². The van der Waals surface area contributed by atoms with Gasteiger partial charge in [-0.3, -0.25) is 0 Å². The molecular formula is C17H15F3O3S. The van der Waals surface area contributed by atoms with Crippen molar-refractivity contribution in [2.45, 2.75) is 28.3 Å². The fourth-order valence-electron chi connectivity index (χ4n) is 3.15. The van der Waals surface area contributed by atoms with Gasteiger partial charge in [-0.05, 0) is 24.1 Å². The van der Waals surface area contributed by atoms with E-state index >= 15 is 0 Å². The summed E-state index contributed by atoms with van der Waals surface area (Å²) in [6.45, 7) is -0.273. The van der Waals surface area contributed by atoms with E-state index in [9.17, 15) is 21.6 Å². The first kappa shape index (κ1) is 17.0. The highest BCUT2D eigenvalue weighted by Crippen LogP contribution is 2.52. The fraction of sp³-hybridized carbons (Fsp3) is 0.294. The van der Waals surface area contributed by atoms with Gasteiger partial charge < -0.3 is 4.74 Å². The van der Waals surface area contributed by atoms with E-state index < -0.39 is 26.9 Å². The average Bonchev–Trinajstić information content (AvgIpc) is 3.03. The zero-order valence-corrected chi connectivity index (χ0v) is 13.3. The monoisotopic (exact) mass is 356 g/mol. The first-order valence-corrected chi connectivity index (χ1v) is 8.90. The van der Waals surface area contributed by atoms with Crippen LogP contribution < -0.4 is 0 Å². The van der Waals surface area contributed by atoms with Crippen molar-refractivity contribution < 1.29 is 26.3 Å². The minimum absolute atomic E-state index is 0.134. The summed E-state index contributed by atoms with van der Waals surface area (Å²) >= 11 is 0. The van der Waals surface area contributed by atoms with E-state index in [1.54, 1.807) is 12.1 Å². The van der Waals surface area contributed by atoms with Crippen LogP contribution in [0.4, 0.5) is 13.2 Å². The molecule has 2 aromatic rings. The predicted octanol–water partition coefficient (Wildman–Crippen LogP) is 3.71. The van der Waals surface area contributed by atoms with Gasteiger partial charge in [-0.2, -0.15) is 13.2 Å². The Morgan fingerprint density at radius 3 is 2.04 bits per heavy atom. The summed E-state index contributed by atoms with van der Waals surface area (Å²) in [7, 11) is -4.22. The number of hydrogen-bond donors (Lipinski definition) is 0. The standard InChI is InChI=1S/C17H15F3O3S/c18-17(19,20)16(13-7-3-1-4-8-13)15(11-12-23-16)24(21,22)14-9-5-2-6-10-14/h1-10,15H,11-12H2/t15-,16+/m1/s1. The van der Waals surface area contributed by atoms with Crippen LogP contribution in [0.5, 0.6) is 0 Å². The summed E-state index contributed by atoms with van der Waals surface area (Å²) in [6, 6.07) is 14.2. The molecule has 0 saturated carbocycles. The maximum absolute atomic E-state index is 14.0. The molecule has 1 fully saturated rings. The summed E-state index contributed by atoms with van der Waals surface area (Å²) in [5.74, 6) is 0. The molecule has 0 spiro atoms. The van der Waals surface area contributed by atoms with Crippen LogP contribution in [-0.2, 0) is 20.2 Å². The van der Waals surface area contributed by atoms with Crippen LogP contribution in [0.2, 0.25) is 0 Å². The van der Waals surface area contributed by atoms with Crippen molar-refractivity contribution in [1.82, 2.24) is 0 Å². The van der Waals surface area contributed by atoms with E-state index in [-0.39, 0.29) is 23.5 Å². The van der Waals surface area contributed by atoms with Gasteiger partial charge in [0.1, 0.15) is 5.25 Å². The summed E-state index contributed by atoms with van der Waals surface area (Å²) in [5, 5.41) is -1.73. The molecule has 1 heterocycles. The van der Waals surface area contributed by atoms with Crippen molar-refractivity contribution in [2.24, 2.45) is 0 Å². The third-order valence-corrected chi connectivity index (χ3v) is 6.48. The number of sulfone groups is 1. The summed E-state index contributed by atoms with van der Waals surface area (Å²) in [5.41, 5.74) is -3.05. The molecule has 7 heteroatoms. The lowest BCUT2D eigenvalue weighted by molar-refractivity contribution is -0.267. The maximum Gasteiger partial charge on any atom is 0.423 e. The van der Waals surface area contributed by atoms with Crippen LogP contribution in [0.15, 0.2) is 65.6 Å². The molecular weight excluding hydrogens is 341 g/mol. The highest BCUT2D eigenvalue weighted by Gasteiger charge is 2.67. The minimum Gasteiger partial charge on any atom is -0.360 e. The van der Waals surface area contributed by atoms with E-state index in [0.717, 1.165) is 0 Å². The van der Waals surface area contributed by atoms with Gasteiger partial charge in [-0.25, -0.2) is 8.42 Å². The first-order valence-electron chi connectivity index (χ1n) is 7.35. The molecule has 0 unspecified atom stereocenters. The van der Waals surface area contributed by atoms with Gasteiger partial charge in [0, 0.05) is 6.61 Å². The van der Waals surface area contributed by atoms with E-state index in [4.69, 9.17) is 4.74 Å². The van der Waals surface area contributed by atoms with Crippen LogP contribution in [-0.4, -0.2) is 26.5 Å². The maximum atomic E-state index is 14.0. The molecule has 0 radical (unpaired) electrons. The Labute approximate surface area is 138 Å². The SMILES string of the molecule is O=S(=O)(c1ccccc1)[C@@H]1CCO[C@]1(c1ccccc1)C(F)(F)F. The van der Waals surface area contributed by atoms with Crippen LogP contribution in [0.3, 0.4) is 0 Å². The molecule has 3 nitrogen and oxygen atoms in total. The molecule has 0 aliphatic carbocycles. The lowest BCUT2D eigenvalue weighted by Crippen LogP contribution is -2.52. The Morgan fingerprint density at radius 1 is 0.958 bits per heavy atom. The second kappa shape index (κ2) is 5.89. The number of benzene rings is 2. The second-order valence-electron chi connectivity index (χ2n) is 5.58. The summed E-state index contributed by atoms with van der Waals surface area (Å²) < 4.78 is 72.9. The fourth-order valence-corrected chi connectivity index (χ4v) is 5.20. The third kappa shape index (κ3) is 2.52. The quantitative estimate of drug-likeness (QED) is 0.842. The van der Waals surface area contributed by atoms with Crippen LogP contribution in [0.25, 0.3) is 0 Å². The number of hydrogen-bond acceptors (Lipinski definition) is 3. The number of alkyl halides is 3.